The first-order valence-corrected chi connectivity index (χ1v) is 9.45. The van der Waals surface area contributed by atoms with Crippen LogP contribution in [0.2, 0.25) is 0 Å². The maximum Gasteiger partial charge on any atom is 0.223 e. The highest BCUT2D eigenvalue weighted by Crippen LogP contribution is 2.32. The highest BCUT2D eigenvalue weighted by molar-refractivity contribution is 7.89. The maximum absolute atomic E-state index is 12.0. The number of carbonyl (C=O) groups excluding carboxylic acids is 1. The smallest absolute Gasteiger partial charge is 0.223 e. The number of amides is 1. The SMILES string of the molecule is O=C1CC(CNS(=O)(=O)CC2CCCC2)CN1C1CC1. The van der Waals surface area contributed by atoms with Crippen molar-refractivity contribution in [3.05, 3.63) is 0 Å². The molecule has 1 aliphatic heterocycles. The van der Waals surface area contributed by atoms with Gasteiger partial charge < -0.3 is 4.90 Å². The Balaban J connectivity index is 1.45. The minimum atomic E-state index is -3.17. The van der Waals surface area contributed by atoms with Crippen LogP contribution in [0.4, 0.5) is 0 Å². The molecule has 0 spiro atoms. The van der Waals surface area contributed by atoms with Crippen LogP contribution in [-0.2, 0) is 14.8 Å². The van der Waals surface area contributed by atoms with E-state index < -0.39 is 10.0 Å². The van der Waals surface area contributed by atoms with E-state index in [1.165, 1.54) is 0 Å². The quantitative estimate of drug-likeness (QED) is 0.799. The first kappa shape index (κ1) is 14.3. The molecule has 1 N–H and O–H groups in total. The predicted molar refractivity (Wildman–Crippen MR) is 76.6 cm³/mol. The molecular formula is C14H24N2O3S. The van der Waals surface area contributed by atoms with Crippen LogP contribution in [0.5, 0.6) is 0 Å². The van der Waals surface area contributed by atoms with E-state index in [1.54, 1.807) is 0 Å². The molecule has 0 aromatic heterocycles. The van der Waals surface area contributed by atoms with Crippen molar-refractivity contribution in [3.63, 3.8) is 0 Å². The molecule has 1 unspecified atom stereocenters. The second-order valence-electron chi connectivity index (χ2n) is 6.63. The molecule has 1 heterocycles. The predicted octanol–water partition coefficient (Wildman–Crippen LogP) is 1.11. The highest BCUT2D eigenvalue weighted by atomic mass is 32.2. The fraction of sp³-hybridized carbons (Fsp3) is 0.929. The third-order valence-electron chi connectivity index (χ3n) is 4.75. The third-order valence-corrected chi connectivity index (χ3v) is 6.26. The zero-order valence-corrected chi connectivity index (χ0v) is 12.7. The molecule has 5 nitrogen and oxygen atoms in total. The molecule has 2 saturated carbocycles. The number of hydrogen-bond acceptors (Lipinski definition) is 3. The van der Waals surface area contributed by atoms with Crippen molar-refractivity contribution in [1.29, 1.82) is 0 Å². The summed E-state index contributed by atoms with van der Waals surface area (Å²) in [6, 6.07) is 0.447. The second kappa shape index (κ2) is 5.64. The number of sulfonamides is 1. The summed E-state index contributed by atoms with van der Waals surface area (Å²) in [5.74, 6) is 0.953. The average molecular weight is 300 g/mol. The van der Waals surface area contributed by atoms with Gasteiger partial charge in [-0.3, -0.25) is 4.79 Å². The van der Waals surface area contributed by atoms with Gasteiger partial charge in [0.25, 0.3) is 0 Å². The van der Waals surface area contributed by atoms with E-state index in [9.17, 15) is 13.2 Å². The van der Waals surface area contributed by atoms with Gasteiger partial charge in [-0.15, -0.1) is 0 Å². The van der Waals surface area contributed by atoms with E-state index in [-0.39, 0.29) is 17.6 Å². The number of rotatable bonds is 6. The molecule has 1 amide bonds. The van der Waals surface area contributed by atoms with Gasteiger partial charge in [0.1, 0.15) is 0 Å². The third kappa shape index (κ3) is 3.52. The minimum absolute atomic E-state index is 0.154. The van der Waals surface area contributed by atoms with Crippen LogP contribution in [0.15, 0.2) is 0 Å². The maximum atomic E-state index is 12.0. The van der Waals surface area contributed by atoms with Gasteiger partial charge in [0.05, 0.1) is 5.75 Å². The van der Waals surface area contributed by atoms with E-state index >= 15 is 0 Å². The number of hydrogen-bond donors (Lipinski definition) is 1. The van der Waals surface area contributed by atoms with Crippen molar-refractivity contribution in [2.24, 2.45) is 11.8 Å². The van der Waals surface area contributed by atoms with Gasteiger partial charge in [-0.2, -0.15) is 0 Å². The fourth-order valence-corrected chi connectivity index (χ4v) is 5.04. The van der Waals surface area contributed by atoms with Gasteiger partial charge in [-0.25, -0.2) is 13.1 Å². The standard InChI is InChI=1S/C14H24N2O3S/c17-14-7-12(9-16(14)13-5-6-13)8-15-20(18,19)10-11-3-1-2-4-11/h11-13,15H,1-10H2. The lowest BCUT2D eigenvalue weighted by Gasteiger charge is -2.16. The number of nitrogens with zero attached hydrogens (tertiary/aromatic N) is 1. The molecule has 114 valence electrons. The molecule has 1 saturated heterocycles. The molecule has 0 radical (unpaired) electrons. The lowest BCUT2D eigenvalue weighted by molar-refractivity contribution is -0.128. The number of likely N-dealkylation sites (tertiary alicyclic amines) is 1. The Bertz CT molecular complexity index is 467. The van der Waals surface area contributed by atoms with Gasteiger partial charge in [0.2, 0.25) is 15.9 Å². The van der Waals surface area contributed by atoms with Crippen molar-refractivity contribution in [3.8, 4) is 0 Å². The van der Waals surface area contributed by atoms with Gasteiger partial charge >= 0.3 is 0 Å². The van der Waals surface area contributed by atoms with Gasteiger partial charge in [-0.05, 0) is 37.5 Å². The van der Waals surface area contributed by atoms with E-state index in [0.717, 1.165) is 45.1 Å². The van der Waals surface area contributed by atoms with Crippen molar-refractivity contribution in [2.75, 3.05) is 18.8 Å². The molecule has 20 heavy (non-hydrogen) atoms. The second-order valence-corrected chi connectivity index (χ2v) is 8.48. The van der Waals surface area contributed by atoms with Crippen molar-refractivity contribution >= 4 is 15.9 Å². The summed E-state index contributed by atoms with van der Waals surface area (Å²) in [5.41, 5.74) is 0. The fourth-order valence-electron chi connectivity index (χ4n) is 3.48. The molecular weight excluding hydrogens is 276 g/mol. The van der Waals surface area contributed by atoms with Crippen molar-refractivity contribution in [1.82, 2.24) is 9.62 Å². The van der Waals surface area contributed by atoms with E-state index in [1.807, 2.05) is 4.90 Å². The molecule has 2 aliphatic carbocycles. The Morgan fingerprint density at radius 1 is 1.10 bits per heavy atom. The molecule has 3 rings (SSSR count). The summed E-state index contributed by atoms with van der Waals surface area (Å²) in [6.45, 7) is 1.15. The molecule has 0 bridgehead atoms. The molecule has 3 aliphatic rings. The van der Waals surface area contributed by atoms with Crippen LogP contribution in [0.25, 0.3) is 0 Å². The van der Waals surface area contributed by atoms with Crippen LogP contribution in [-0.4, -0.2) is 44.1 Å². The monoisotopic (exact) mass is 300 g/mol. The molecule has 0 aromatic carbocycles. The van der Waals surface area contributed by atoms with Gasteiger partial charge in [0, 0.05) is 25.6 Å². The van der Waals surface area contributed by atoms with Crippen LogP contribution in [0.1, 0.15) is 44.9 Å². The van der Waals surface area contributed by atoms with Crippen molar-refractivity contribution < 1.29 is 13.2 Å². The summed E-state index contributed by atoms with van der Waals surface area (Å²) in [7, 11) is -3.17. The van der Waals surface area contributed by atoms with Crippen LogP contribution in [0.3, 0.4) is 0 Å². The highest BCUT2D eigenvalue weighted by Gasteiger charge is 2.39. The molecule has 0 aromatic rings. The number of nitrogens with one attached hydrogen (secondary N) is 1. The topological polar surface area (TPSA) is 66.5 Å². The van der Waals surface area contributed by atoms with Crippen LogP contribution >= 0.6 is 0 Å². The molecule has 1 atom stereocenters. The Morgan fingerprint density at radius 2 is 1.80 bits per heavy atom. The lowest BCUT2D eigenvalue weighted by Crippen LogP contribution is -2.34. The first-order chi connectivity index (χ1) is 9.53. The minimum Gasteiger partial charge on any atom is -0.339 e. The van der Waals surface area contributed by atoms with E-state index in [2.05, 4.69) is 4.72 Å². The number of carbonyl (C=O) groups is 1. The van der Waals surface area contributed by atoms with Crippen LogP contribution in [0, 0.1) is 11.8 Å². The molecule has 6 heteroatoms. The molecule has 3 fully saturated rings. The summed E-state index contributed by atoms with van der Waals surface area (Å²) in [5, 5.41) is 0. The van der Waals surface area contributed by atoms with E-state index in [0.29, 0.717) is 24.9 Å². The summed E-state index contributed by atoms with van der Waals surface area (Å²) < 4.78 is 26.8. The normalized spacial score (nSPS) is 28.5. The van der Waals surface area contributed by atoms with Gasteiger partial charge in [-0.1, -0.05) is 12.8 Å². The first-order valence-electron chi connectivity index (χ1n) is 7.80. The van der Waals surface area contributed by atoms with Crippen LogP contribution < -0.4 is 4.72 Å². The summed E-state index contributed by atoms with van der Waals surface area (Å²) >= 11 is 0. The average Bonchev–Trinajstić information content (AvgIpc) is 2.98. The van der Waals surface area contributed by atoms with E-state index in [4.69, 9.17) is 0 Å². The van der Waals surface area contributed by atoms with Gasteiger partial charge in [0.15, 0.2) is 0 Å². The Labute approximate surface area is 121 Å². The summed E-state index contributed by atoms with van der Waals surface area (Å²) in [6.07, 6.45) is 7.14. The largest absolute Gasteiger partial charge is 0.339 e. The van der Waals surface area contributed by atoms with Crippen molar-refractivity contribution in [2.45, 2.75) is 51.0 Å². The Morgan fingerprint density at radius 3 is 2.45 bits per heavy atom. The Kier molecular flexibility index (Phi) is 4.04. The zero-order chi connectivity index (χ0) is 14.2. The summed E-state index contributed by atoms with van der Waals surface area (Å²) in [4.78, 5) is 13.8. The Hall–Kier alpha value is -0.620. The lowest BCUT2D eigenvalue weighted by atomic mass is 10.1. The zero-order valence-electron chi connectivity index (χ0n) is 11.9.